The Morgan fingerprint density at radius 3 is 2.12 bits per heavy atom. The Morgan fingerprint density at radius 2 is 1.62 bits per heavy atom. The molecule has 26 heavy (non-hydrogen) atoms. The van der Waals surface area contributed by atoms with Gasteiger partial charge in [-0.1, -0.05) is 12.1 Å². The lowest BCUT2D eigenvalue weighted by molar-refractivity contribution is -0.142. The van der Waals surface area contributed by atoms with Crippen molar-refractivity contribution in [3.8, 4) is 5.75 Å². The van der Waals surface area contributed by atoms with Crippen LogP contribution < -0.4 is 16.4 Å². The molecule has 0 aliphatic heterocycles. The van der Waals surface area contributed by atoms with Crippen LogP contribution in [-0.2, 0) is 25.6 Å². The minimum Gasteiger partial charge on any atom is -0.508 e. The summed E-state index contributed by atoms with van der Waals surface area (Å²) in [5, 5.41) is 31.6. The number of hydrogen-bond acceptors (Lipinski definition) is 6. The first kappa shape index (κ1) is 20.9. The second-order valence-corrected chi connectivity index (χ2v) is 5.70. The Balaban J connectivity index is 2.65. The number of carboxylic acids is 2. The summed E-state index contributed by atoms with van der Waals surface area (Å²) in [7, 11) is 0. The van der Waals surface area contributed by atoms with Crippen LogP contribution >= 0.6 is 0 Å². The van der Waals surface area contributed by atoms with Crippen LogP contribution in [0.25, 0.3) is 0 Å². The largest absolute Gasteiger partial charge is 0.508 e. The fourth-order valence-electron chi connectivity index (χ4n) is 2.03. The Bertz CT molecular complexity index is 675. The third kappa shape index (κ3) is 6.77. The molecule has 7 N–H and O–H groups in total. The molecule has 0 aliphatic carbocycles. The fraction of sp³-hybridized carbons (Fsp3) is 0.375. The van der Waals surface area contributed by atoms with Crippen LogP contribution in [-0.4, -0.2) is 57.2 Å². The molecule has 1 rings (SSSR count). The Hall–Kier alpha value is -3.14. The van der Waals surface area contributed by atoms with Gasteiger partial charge in [-0.2, -0.15) is 0 Å². The van der Waals surface area contributed by atoms with Gasteiger partial charge in [0.15, 0.2) is 0 Å². The number of amides is 2. The van der Waals surface area contributed by atoms with Crippen LogP contribution in [0, 0.1) is 0 Å². The van der Waals surface area contributed by atoms with Gasteiger partial charge in [0, 0.05) is 6.42 Å². The number of carbonyl (C=O) groups is 4. The topological polar surface area (TPSA) is 179 Å². The van der Waals surface area contributed by atoms with Crippen molar-refractivity contribution in [1.29, 1.82) is 0 Å². The maximum atomic E-state index is 12.1. The lowest BCUT2D eigenvalue weighted by Gasteiger charge is -2.20. The van der Waals surface area contributed by atoms with E-state index in [1.807, 2.05) is 0 Å². The molecule has 1 aromatic carbocycles. The summed E-state index contributed by atoms with van der Waals surface area (Å²) in [5.74, 6) is -4.09. The van der Waals surface area contributed by atoms with Gasteiger partial charge in [0.05, 0.1) is 12.5 Å². The fourth-order valence-corrected chi connectivity index (χ4v) is 2.03. The van der Waals surface area contributed by atoms with Gasteiger partial charge < -0.3 is 31.7 Å². The quantitative estimate of drug-likeness (QED) is 0.315. The normalized spacial score (nSPS) is 13.9. The third-order valence-electron chi connectivity index (χ3n) is 3.47. The first-order valence-electron chi connectivity index (χ1n) is 7.69. The number of phenolic OH excluding ortho intramolecular Hbond substituents is 1. The Morgan fingerprint density at radius 1 is 1.04 bits per heavy atom. The number of nitrogens with two attached hydrogens (primary N) is 1. The van der Waals surface area contributed by atoms with Gasteiger partial charge in [-0.25, -0.2) is 4.79 Å². The molecule has 10 nitrogen and oxygen atoms in total. The standard InChI is InChI=1S/C16H21N3O7/c1-8(18-15(24)11(17)7-13(21)22)14(23)19-12(16(25)26)6-9-2-4-10(20)5-3-9/h2-5,8,11-12,20H,6-7,17H2,1H3,(H,18,24)(H,19,23)(H,21,22)(H,25,26). The van der Waals surface area contributed by atoms with E-state index in [1.54, 1.807) is 0 Å². The summed E-state index contributed by atoms with van der Waals surface area (Å²) in [6, 6.07) is 2.14. The highest BCUT2D eigenvalue weighted by molar-refractivity contribution is 5.92. The Kier molecular flexibility index (Phi) is 7.53. The van der Waals surface area contributed by atoms with Crippen molar-refractivity contribution >= 4 is 23.8 Å². The summed E-state index contributed by atoms with van der Waals surface area (Å²) in [4.78, 5) is 45.7. The van der Waals surface area contributed by atoms with Crippen molar-refractivity contribution in [3.05, 3.63) is 29.8 Å². The molecule has 0 saturated carbocycles. The lowest BCUT2D eigenvalue weighted by atomic mass is 10.1. The van der Waals surface area contributed by atoms with Gasteiger partial charge in [-0.05, 0) is 24.6 Å². The summed E-state index contributed by atoms with van der Waals surface area (Å²) in [6.07, 6.45) is -0.626. The van der Waals surface area contributed by atoms with E-state index >= 15 is 0 Å². The summed E-state index contributed by atoms with van der Waals surface area (Å²) in [6.45, 7) is 1.32. The molecule has 0 heterocycles. The monoisotopic (exact) mass is 367 g/mol. The van der Waals surface area contributed by atoms with Gasteiger partial charge in [0.25, 0.3) is 0 Å². The van der Waals surface area contributed by atoms with Crippen molar-refractivity contribution in [2.24, 2.45) is 5.73 Å². The van der Waals surface area contributed by atoms with E-state index in [9.17, 15) is 29.4 Å². The maximum absolute atomic E-state index is 12.1. The number of benzene rings is 1. The van der Waals surface area contributed by atoms with E-state index in [4.69, 9.17) is 10.8 Å². The molecule has 0 aliphatic rings. The summed E-state index contributed by atoms with van der Waals surface area (Å²) >= 11 is 0. The van der Waals surface area contributed by atoms with Crippen molar-refractivity contribution in [2.45, 2.75) is 37.9 Å². The molecule has 0 bridgehead atoms. The summed E-state index contributed by atoms with van der Waals surface area (Å²) in [5.41, 5.74) is 5.97. The second-order valence-electron chi connectivity index (χ2n) is 5.70. The molecule has 10 heteroatoms. The molecule has 0 radical (unpaired) electrons. The average Bonchev–Trinajstić information content (AvgIpc) is 2.55. The minimum atomic E-state index is -1.32. The molecule has 0 fully saturated rings. The smallest absolute Gasteiger partial charge is 0.326 e. The third-order valence-corrected chi connectivity index (χ3v) is 3.47. The van der Waals surface area contributed by atoms with E-state index in [1.165, 1.54) is 31.2 Å². The zero-order valence-corrected chi connectivity index (χ0v) is 14.0. The molecular weight excluding hydrogens is 346 g/mol. The number of aliphatic carboxylic acids is 2. The molecule has 0 aromatic heterocycles. The number of nitrogens with one attached hydrogen (secondary N) is 2. The lowest BCUT2D eigenvalue weighted by Crippen LogP contribution is -2.53. The Labute approximate surface area is 149 Å². The first-order valence-corrected chi connectivity index (χ1v) is 7.69. The highest BCUT2D eigenvalue weighted by Gasteiger charge is 2.26. The van der Waals surface area contributed by atoms with Gasteiger partial charge in [0.2, 0.25) is 11.8 Å². The van der Waals surface area contributed by atoms with Crippen LogP contribution in [0.1, 0.15) is 18.9 Å². The SMILES string of the molecule is CC(NC(=O)C(N)CC(=O)O)C(=O)NC(Cc1ccc(O)cc1)C(=O)O. The van der Waals surface area contributed by atoms with Crippen molar-refractivity contribution < 1.29 is 34.5 Å². The summed E-state index contributed by atoms with van der Waals surface area (Å²) < 4.78 is 0. The van der Waals surface area contributed by atoms with Gasteiger partial charge in [-0.3, -0.25) is 14.4 Å². The van der Waals surface area contributed by atoms with Crippen LogP contribution in [0.5, 0.6) is 5.75 Å². The van der Waals surface area contributed by atoms with Crippen molar-refractivity contribution in [1.82, 2.24) is 10.6 Å². The van der Waals surface area contributed by atoms with Crippen LogP contribution in [0.3, 0.4) is 0 Å². The van der Waals surface area contributed by atoms with E-state index < -0.39 is 48.3 Å². The highest BCUT2D eigenvalue weighted by atomic mass is 16.4. The predicted molar refractivity (Wildman–Crippen MR) is 89.2 cm³/mol. The number of phenols is 1. The predicted octanol–water partition coefficient (Wildman–Crippen LogP) is -1.19. The number of aromatic hydroxyl groups is 1. The van der Waals surface area contributed by atoms with E-state index in [2.05, 4.69) is 10.6 Å². The number of carboxylic acid groups (broad SMARTS) is 2. The van der Waals surface area contributed by atoms with Crippen LogP contribution in [0.15, 0.2) is 24.3 Å². The van der Waals surface area contributed by atoms with E-state index in [-0.39, 0.29) is 12.2 Å². The first-order chi connectivity index (χ1) is 12.1. The van der Waals surface area contributed by atoms with Gasteiger partial charge in [-0.15, -0.1) is 0 Å². The average molecular weight is 367 g/mol. The van der Waals surface area contributed by atoms with E-state index in [0.29, 0.717) is 5.56 Å². The molecular formula is C16H21N3O7. The molecule has 3 atom stereocenters. The van der Waals surface area contributed by atoms with Crippen LogP contribution in [0.2, 0.25) is 0 Å². The molecule has 2 amide bonds. The highest BCUT2D eigenvalue weighted by Crippen LogP contribution is 2.11. The molecule has 142 valence electrons. The van der Waals surface area contributed by atoms with Crippen molar-refractivity contribution in [3.63, 3.8) is 0 Å². The van der Waals surface area contributed by atoms with Gasteiger partial charge >= 0.3 is 11.9 Å². The minimum absolute atomic E-state index is 0.0266. The van der Waals surface area contributed by atoms with Crippen molar-refractivity contribution in [2.75, 3.05) is 0 Å². The second kappa shape index (κ2) is 9.37. The zero-order valence-electron chi connectivity index (χ0n) is 14.0. The number of hydrogen-bond donors (Lipinski definition) is 6. The number of rotatable bonds is 9. The van der Waals surface area contributed by atoms with Crippen LogP contribution in [0.4, 0.5) is 0 Å². The molecule has 3 unspecified atom stereocenters. The van der Waals surface area contributed by atoms with E-state index in [0.717, 1.165) is 0 Å². The molecule has 0 spiro atoms. The zero-order chi connectivity index (χ0) is 19.9. The molecule has 1 aromatic rings. The number of carbonyl (C=O) groups excluding carboxylic acids is 2. The van der Waals surface area contributed by atoms with Gasteiger partial charge in [0.1, 0.15) is 17.8 Å². The maximum Gasteiger partial charge on any atom is 0.326 e. The molecule has 0 saturated heterocycles.